The number of hydrogen-bond acceptors (Lipinski definition) is 5. The predicted octanol–water partition coefficient (Wildman–Crippen LogP) is 5.66. The third-order valence-electron chi connectivity index (χ3n) is 5.59. The molecule has 0 unspecified atom stereocenters. The minimum absolute atomic E-state index is 0.149. The summed E-state index contributed by atoms with van der Waals surface area (Å²) in [5.74, 6) is 0.419. The zero-order chi connectivity index (χ0) is 24.0. The summed E-state index contributed by atoms with van der Waals surface area (Å²) in [6.45, 7) is 3.82. The Morgan fingerprint density at radius 3 is 2.53 bits per heavy atom. The first-order valence-electron chi connectivity index (χ1n) is 10.4. The van der Waals surface area contributed by atoms with Crippen LogP contribution in [0.5, 0.6) is 5.75 Å². The van der Waals surface area contributed by atoms with Gasteiger partial charge >= 0.3 is 6.36 Å². The number of ether oxygens (including phenoxy) is 1. The van der Waals surface area contributed by atoms with Gasteiger partial charge in [-0.2, -0.15) is 5.10 Å². The third-order valence-corrected chi connectivity index (χ3v) is 5.59. The lowest BCUT2D eigenvalue weighted by molar-refractivity contribution is -0.274. The molecule has 5 aromatic rings. The first-order chi connectivity index (χ1) is 16.2. The number of aromatic nitrogens is 5. The Kier molecular flexibility index (Phi) is 5.15. The topological polar surface area (TPSA) is 70.9 Å². The Labute approximate surface area is 192 Å². The first kappa shape index (κ1) is 21.7. The molecule has 0 saturated heterocycles. The fourth-order valence-electron chi connectivity index (χ4n) is 4.14. The van der Waals surface area contributed by atoms with Gasteiger partial charge in [0.15, 0.2) is 0 Å². The van der Waals surface area contributed by atoms with Crippen LogP contribution in [0.2, 0.25) is 0 Å². The zero-order valence-corrected chi connectivity index (χ0v) is 18.6. The molecule has 0 bridgehead atoms. The van der Waals surface area contributed by atoms with Gasteiger partial charge in [-0.25, -0.2) is 0 Å². The van der Waals surface area contributed by atoms with Gasteiger partial charge in [0.2, 0.25) is 0 Å². The Morgan fingerprint density at radius 1 is 1.06 bits per heavy atom. The van der Waals surface area contributed by atoms with Crippen molar-refractivity contribution in [3.05, 3.63) is 72.1 Å². The Balaban J connectivity index is 1.67. The van der Waals surface area contributed by atoms with E-state index in [-0.39, 0.29) is 12.3 Å². The summed E-state index contributed by atoms with van der Waals surface area (Å²) in [5, 5.41) is 8.26. The molecule has 0 aliphatic heterocycles. The van der Waals surface area contributed by atoms with Crippen LogP contribution in [-0.4, -0.2) is 30.9 Å². The average molecular weight is 467 g/mol. The van der Waals surface area contributed by atoms with Gasteiger partial charge in [0, 0.05) is 53.5 Å². The van der Waals surface area contributed by atoms with Crippen molar-refractivity contribution in [2.45, 2.75) is 26.8 Å². The summed E-state index contributed by atoms with van der Waals surface area (Å²) >= 11 is 0. The van der Waals surface area contributed by atoms with Crippen LogP contribution in [0.1, 0.15) is 17.0 Å². The normalized spacial score (nSPS) is 11.9. The van der Waals surface area contributed by atoms with E-state index in [0.717, 1.165) is 33.5 Å². The van der Waals surface area contributed by atoms with E-state index < -0.39 is 6.36 Å². The van der Waals surface area contributed by atoms with Gasteiger partial charge in [0.25, 0.3) is 0 Å². The number of pyridine rings is 1. The van der Waals surface area contributed by atoms with E-state index >= 15 is 0 Å². The molecule has 0 saturated carbocycles. The quantitative estimate of drug-likeness (QED) is 0.334. The van der Waals surface area contributed by atoms with Crippen molar-refractivity contribution in [3.8, 4) is 28.0 Å². The number of alkyl halides is 3. The molecule has 0 amide bonds. The number of nitrogens with zero attached hydrogens (tertiary/aromatic N) is 5. The molecule has 34 heavy (non-hydrogen) atoms. The number of hydrogen-bond donors (Lipinski definition) is 0. The Hall–Kier alpha value is -4.08. The summed E-state index contributed by atoms with van der Waals surface area (Å²) < 4.78 is 52.0. The monoisotopic (exact) mass is 467 g/mol. The lowest BCUT2D eigenvalue weighted by atomic mass is 10.1. The molecule has 0 spiro atoms. The second-order valence-corrected chi connectivity index (χ2v) is 8.02. The maximum absolute atomic E-state index is 13.0. The molecule has 0 atom stereocenters. The zero-order valence-electron chi connectivity index (χ0n) is 18.6. The second-order valence-electron chi connectivity index (χ2n) is 8.02. The number of para-hydroxylation sites is 1. The molecule has 0 fully saturated rings. The van der Waals surface area contributed by atoms with Crippen molar-refractivity contribution >= 4 is 11.0 Å². The van der Waals surface area contributed by atoms with Gasteiger partial charge in [0.05, 0.1) is 29.5 Å². The highest BCUT2D eigenvalue weighted by Crippen LogP contribution is 2.35. The Morgan fingerprint density at radius 2 is 1.85 bits per heavy atom. The standard InChI is InChI=1S/C24H20F3N5O2/c1-14-22(15(2)34-30-14)17-8-20-23(28-9-17)19(18-10-29-31(3)11-18)13-32(20)12-16-6-4-5-7-21(16)33-24(25,26)27/h4-11,13H,12H2,1-3H3. The van der Waals surface area contributed by atoms with Crippen LogP contribution in [0.15, 0.2) is 59.6 Å². The van der Waals surface area contributed by atoms with Gasteiger partial charge in [-0.3, -0.25) is 9.67 Å². The number of fused-ring (bicyclic) bond motifs is 1. The number of rotatable bonds is 5. The van der Waals surface area contributed by atoms with E-state index in [2.05, 4.69) is 15.0 Å². The summed E-state index contributed by atoms with van der Waals surface area (Å²) in [6.07, 6.45) is 2.43. The molecule has 0 aliphatic carbocycles. The van der Waals surface area contributed by atoms with E-state index in [1.54, 1.807) is 29.2 Å². The van der Waals surface area contributed by atoms with Crippen molar-refractivity contribution in [2.75, 3.05) is 0 Å². The van der Waals surface area contributed by atoms with E-state index in [1.165, 1.54) is 12.1 Å². The Bertz CT molecular complexity index is 1480. The first-order valence-corrected chi connectivity index (χ1v) is 10.4. The van der Waals surface area contributed by atoms with Crippen molar-refractivity contribution in [2.24, 2.45) is 7.05 Å². The third kappa shape index (κ3) is 4.02. The van der Waals surface area contributed by atoms with Gasteiger partial charge < -0.3 is 13.8 Å². The molecule has 1 aromatic carbocycles. The highest BCUT2D eigenvalue weighted by molar-refractivity contribution is 5.94. The average Bonchev–Trinajstić information content (AvgIpc) is 3.45. The van der Waals surface area contributed by atoms with Crippen LogP contribution < -0.4 is 4.74 Å². The SMILES string of the molecule is Cc1noc(C)c1-c1cnc2c(-c3cnn(C)c3)cn(Cc3ccccc3OC(F)(F)F)c2c1. The van der Waals surface area contributed by atoms with Gasteiger partial charge in [-0.1, -0.05) is 23.4 Å². The fourth-order valence-corrected chi connectivity index (χ4v) is 4.14. The largest absolute Gasteiger partial charge is 0.573 e. The molecule has 0 radical (unpaired) electrons. The van der Waals surface area contributed by atoms with Crippen LogP contribution in [0.3, 0.4) is 0 Å². The summed E-state index contributed by atoms with van der Waals surface area (Å²) in [6, 6.07) is 8.06. The van der Waals surface area contributed by atoms with Crippen LogP contribution >= 0.6 is 0 Å². The van der Waals surface area contributed by atoms with Crippen molar-refractivity contribution < 1.29 is 22.4 Å². The van der Waals surface area contributed by atoms with Crippen LogP contribution in [0, 0.1) is 13.8 Å². The van der Waals surface area contributed by atoms with Crippen LogP contribution in [-0.2, 0) is 13.6 Å². The van der Waals surface area contributed by atoms with Gasteiger partial charge in [-0.05, 0) is 26.0 Å². The fraction of sp³-hybridized carbons (Fsp3) is 0.208. The van der Waals surface area contributed by atoms with E-state index in [4.69, 9.17) is 9.51 Å². The molecule has 4 aromatic heterocycles. The molecule has 0 aliphatic rings. The van der Waals surface area contributed by atoms with Crippen LogP contribution in [0.4, 0.5) is 13.2 Å². The minimum atomic E-state index is -4.78. The number of halogens is 3. The highest BCUT2D eigenvalue weighted by Gasteiger charge is 2.32. The lowest BCUT2D eigenvalue weighted by Crippen LogP contribution is -2.18. The van der Waals surface area contributed by atoms with E-state index in [9.17, 15) is 13.2 Å². The van der Waals surface area contributed by atoms with Crippen LogP contribution in [0.25, 0.3) is 33.3 Å². The molecular weight excluding hydrogens is 447 g/mol. The highest BCUT2D eigenvalue weighted by atomic mass is 19.4. The molecule has 7 nitrogen and oxygen atoms in total. The summed E-state index contributed by atoms with van der Waals surface area (Å²) in [4.78, 5) is 4.71. The van der Waals surface area contributed by atoms with Crippen molar-refractivity contribution in [1.82, 2.24) is 24.5 Å². The lowest BCUT2D eigenvalue weighted by Gasteiger charge is -2.14. The number of benzene rings is 1. The van der Waals surface area contributed by atoms with Crippen molar-refractivity contribution in [3.63, 3.8) is 0 Å². The number of aryl methyl sites for hydroxylation is 3. The maximum atomic E-state index is 13.0. The molecule has 174 valence electrons. The predicted molar refractivity (Wildman–Crippen MR) is 119 cm³/mol. The molecule has 10 heteroatoms. The van der Waals surface area contributed by atoms with Gasteiger partial charge in [-0.15, -0.1) is 13.2 Å². The smallest absolute Gasteiger partial charge is 0.405 e. The summed E-state index contributed by atoms with van der Waals surface area (Å²) in [5.41, 5.74) is 5.89. The van der Waals surface area contributed by atoms with E-state index in [0.29, 0.717) is 16.8 Å². The summed E-state index contributed by atoms with van der Waals surface area (Å²) in [7, 11) is 1.82. The van der Waals surface area contributed by atoms with Gasteiger partial charge in [0.1, 0.15) is 11.5 Å². The molecule has 4 heterocycles. The molecular formula is C24H20F3N5O2. The maximum Gasteiger partial charge on any atom is 0.573 e. The van der Waals surface area contributed by atoms with Crippen molar-refractivity contribution in [1.29, 1.82) is 0 Å². The minimum Gasteiger partial charge on any atom is -0.405 e. The van der Waals surface area contributed by atoms with E-state index in [1.807, 2.05) is 43.9 Å². The second kappa shape index (κ2) is 8.05. The molecule has 0 N–H and O–H groups in total. The molecule has 5 rings (SSSR count).